The van der Waals surface area contributed by atoms with E-state index in [2.05, 4.69) is 19.2 Å². The maximum Gasteiger partial charge on any atom is 0.416 e. The van der Waals surface area contributed by atoms with E-state index < -0.39 is 11.7 Å². The summed E-state index contributed by atoms with van der Waals surface area (Å²) < 4.78 is 37.9. The molecule has 1 unspecified atom stereocenters. The lowest BCUT2D eigenvalue weighted by molar-refractivity contribution is -0.137. The molecule has 0 aromatic heterocycles. The van der Waals surface area contributed by atoms with Gasteiger partial charge in [0.1, 0.15) is 0 Å². The van der Waals surface area contributed by atoms with Crippen LogP contribution in [0.25, 0.3) is 0 Å². The molecule has 0 saturated heterocycles. The van der Waals surface area contributed by atoms with Crippen molar-refractivity contribution in [2.45, 2.75) is 58.2 Å². The molecule has 0 spiro atoms. The predicted molar refractivity (Wildman–Crippen MR) is 80.7 cm³/mol. The lowest BCUT2D eigenvalue weighted by Gasteiger charge is -2.23. The van der Waals surface area contributed by atoms with Gasteiger partial charge in [-0.3, -0.25) is 0 Å². The fourth-order valence-electron chi connectivity index (χ4n) is 2.83. The van der Waals surface area contributed by atoms with Gasteiger partial charge in [-0.25, -0.2) is 0 Å². The minimum Gasteiger partial charge on any atom is -0.381 e. The Balaban J connectivity index is 2.06. The highest BCUT2D eigenvalue weighted by molar-refractivity contribution is 6.33. The summed E-state index contributed by atoms with van der Waals surface area (Å²) in [6, 6.07) is 3.78. The van der Waals surface area contributed by atoms with Crippen molar-refractivity contribution in [2.75, 3.05) is 5.32 Å². The molecule has 1 saturated carbocycles. The van der Waals surface area contributed by atoms with Crippen LogP contribution in [0.5, 0.6) is 0 Å². The largest absolute Gasteiger partial charge is 0.416 e. The molecular weight excluding hydrogens is 299 g/mol. The monoisotopic (exact) mass is 319 g/mol. The first-order valence-corrected chi connectivity index (χ1v) is 7.68. The Kier molecular flexibility index (Phi) is 4.76. The van der Waals surface area contributed by atoms with Gasteiger partial charge in [-0.2, -0.15) is 13.2 Å². The van der Waals surface area contributed by atoms with Crippen molar-refractivity contribution in [3.05, 3.63) is 28.8 Å². The molecule has 0 bridgehead atoms. The van der Waals surface area contributed by atoms with Crippen molar-refractivity contribution in [1.82, 2.24) is 0 Å². The number of alkyl halides is 3. The van der Waals surface area contributed by atoms with Gasteiger partial charge in [-0.15, -0.1) is 0 Å². The van der Waals surface area contributed by atoms with Crippen molar-refractivity contribution >= 4 is 17.3 Å². The van der Waals surface area contributed by atoms with Gasteiger partial charge in [-0.1, -0.05) is 31.9 Å². The Labute approximate surface area is 128 Å². The summed E-state index contributed by atoms with van der Waals surface area (Å²) in [5.74, 6) is 0. The van der Waals surface area contributed by atoms with Crippen LogP contribution in [0.3, 0.4) is 0 Å². The maximum atomic E-state index is 12.6. The smallest absolute Gasteiger partial charge is 0.381 e. The molecule has 1 fully saturated rings. The molecule has 0 heterocycles. The molecule has 2 rings (SSSR count). The van der Waals surface area contributed by atoms with Crippen LogP contribution in [0.15, 0.2) is 18.2 Å². The summed E-state index contributed by atoms with van der Waals surface area (Å²) in [7, 11) is 0. The summed E-state index contributed by atoms with van der Waals surface area (Å²) in [6.07, 6.45) is 1.12. The number of halogens is 4. The minimum atomic E-state index is -4.35. The lowest BCUT2D eigenvalue weighted by atomic mass is 9.85. The maximum absolute atomic E-state index is 12.6. The van der Waals surface area contributed by atoms with Crippen molar-refractivity contribution in [1.29, 1.82) is 0 Å². The molecule has 1 N–H and O–H groups in total. The van der Waals surface area contributed by atoms with Crippen LogP contribution in [0, 0.1) is 5.41 Å². The normalized spacial score (nSPS) is 22.7. The highest BCUT2D eigenvalue weighted by Crippen LogP contribution is 2.37. The summed E-state index contributed by atoms with van der Waals surface area (Å²) in [6.45, 7) is 4.53. The van der Waals surface area contributed by atoms with E-state index >= 15 is 0 Å². The Morgan fingerprint density at radius 2 is 1.90 bits per heavy atom. The van der Waals surface area contributed by atoms with Crippen molar-refractivity contribution < 1.29 is 13.2 Å². The zero-order valence-electron chi connectivity index (χ0n) is 12.4. The van der Waals surface area contributed by atoms with Crippen LogP contribution in [0.4, 0.5) is 18.9 Å². The molecule has 1 aromatic carbocycles. The molecule has 1 aromatic rings. The topological polar surface area (TPSA) is 12.0 Å². The van der Waals surface area contributed by atoms with Crippen molar-refractivity contribution in [2.24, 2.45) is 5.41 Å². The molecule has 1 atom stereocenters. The van der Waals surface area contributed by atoms with Crippen LogP contribution < -0.4 is 5.32 Å². The second-order valence-electron chi connectivity index (χ2n) is 6.63. The van der Waals surface area contributed by atoms with Crippen molar-refractivity contribution in [3.63, 3.8) is 0 Å². The first-order valence-electron chi connectivity index (χ1n) is 7.31. The number of hydrogen-bond donors (Lipinski definition) is 1. The second kappa shape index (κ2) is 6.07. The third-order valence-electron chi connectivity index (χ3n) is 4.23. The van der Waals surface area contributed by atoms with Crippen molar-refractivity contribution in [3.8, 4) is 0 Å². The van der Waals surface area contributed by atoms with E-state index in [1.54, 1.807) is 0 Å². The van der Waals surface area contributed by atoms with Crippen LogP contribution in [-0.4, -0.2) is 6.04 Å². The molecule has 1 aliphatic rings. The van der Waals surface area contributed by atoms with Gasteiger partial charge in [0.05, 0.1) is 16.3 Å². The molecule has 21 heavy (non-hydrogen) atoms. The van der Waals surface area contributed by atoms with Crippen LogP contribution >= 0.6 is 11.6 Å². The van der Waals surface area contributed by atoms with Gasteiger partial charge in [0, 0.05) is 6.04 Å². The number of nitrogens with one attached hydrogen (secondary N) is 1. The summed E-state index contributed by atoms with van der Waals surface area (Å²) in [4.78, 5) is 0. The molecule has 0 amide bonds. The second-order valence-corrected chi connectivity index (χ2v) is 7.04. The van der Waals surface area contributed by atoms with E-state index in [0.29, 0.717) is 11.1 Å². The molecular formula is C16H21ClF3N. The number of anilines is 1. The van der Waals surface area contributed by atoms with Gasteiger partial charge >= 0.3 is 6.18 Å². The minimum absolute atomic E-state index is 0.133. The SMILES string of the molecule is CC1(C)CCCC(Nc2ccc(C(F)(F)F)cc2Cl)CC1. The van der Waals surface area contributed by atoms with E-state index in [-0.39, 0.29) is 11.1 Å². The zero-order valence-corrected chi connectivity index (χ0v) is 13.1. The van der Waals surface area contributed by atoms with E-state index in [9.17, 15) is 13.2 Å². The fraction of sp³-hybridized carbons (Fsp3) is 0.625. The quantitative estimate of drug-likeness (QED) is 0.646. The molecule has 0 radical (unpaired) electrons. The van der Waals surface area contributed by atoms with E-state index in [0.717, 1.165) is 37.8 Å². The fourth-order valence-corrected chi connectivity index (χ4v) is 3.07. The number of hydrogen-bond acceptors (Lipinski definition) is 1. The molecule has 0 aliphatic heterocycles. The standard InChI is InChI=1S/C16H21ClF3N/c1-15(2)8-3-4-12(7-9-15)21-14-6-5-11(10-13(14)17)16(18,19)20/h5-6,10,12,21H,3-4,7-9H2,1-2H3. The first-order chi connectivity index (χ1) is 9.67. The average molecular weight is 320 g/mol. The Morgan fingerprint density at radius 3 is 2.52 bits per heavy atom. The molecule has 1 nitrogen and oxygen atoms in total. The van der Waals surface area contributed by atoms with E-state index in [4.69, 9.17) is 11.6 Å². The van der Waals surface area contributed by atoms with Crippen LogP contribution in [0.1, 0.15) is 51.5 Å². The molecule has 1 aliphatic carbocycles. The highest BCUT2D eigenvalue weighted by Gasteiger charge is 2.31. The van der Waals surface area contributed by atoms with Crippen LogP contribution in [0.2, 0.25) is 5.02 Å². The van der Waals surface area contributed by atoms with Gasteiger partial charge in [0.2, 0.25) is 0 Å². The summed E-state index contributed by atoms with van der Waals surface area (Å²) in [5, 5.41) is 3.44. The molecule has 5 heteroatoms. The average Bonchev–Trinajstić information content (AvgIpc) is 2.52. The Bertz CT molecular complexity index is 497. The summed E-state index contributed by atoms with van der Waals surface area (Å²) >= 11 is 5.99. The van der Waals surface area contributed by atoms with Gasteiger partial charge in [0.15, 0.2) is 0 Å². The predicted octanol–water partition coefficient (Wildman–Crippen LogP) is 6.13. The third kappa shape index (κ3) is 4.53. The number of rotatable bonds is 2. The summed E-state index contributed by atoms with van der Waals surface area (Å²) in [5.41, 5.74) is 0.231. The van der Waals surface area contributed by atoms with Gasteiger partial charge in [0.25, 0.3) is 0 Å². The van der Waals surface area contributed by atoms with Gasteiger partial charge in [-0.05, 0) is 49.3 Å². The Morgan fingerprint density at radius 1 is 1.19 bits per heavy atom. The zero-order chi connectivity index (χ0) is 15.7. The molecule has 118 valence electrons. The van der Waals surface area contributed by atoms with E-state index in [1.165, 1.54) is 12.5 Å². The first kappa shape index (κ1) is 16.5. The van der Waals surface area contributed by atoms with Crippen LogP contribution in [-0.2, 0) is 6.18 Å². The Hall–Kier alpha value is -0.900. The highest BCUT2D eigenvalue weighted by atomic mass is 35.5. The third-order valence-corrected chi connectivity index (χ3v) is 4.54. The lowest BCUT2D eigenvalue weighted by Crippen LogP contribution is -2.19. The number of benzene rings is 1. The van der Waals surface area contributed by atoms with E-state index in [1.807, 2.05) is 0 Å². The van der Waals surface area contributed by atoms with Gasteiger partial charge < -0.3 is 5.32 Å².